The predicted octanol–water partition coefficient (Wildman–Crippen LogP) is 5.05. The zero-order valence-electron chi connectivity index (χ0n) is 8.38. The van der Waals surface area contributed by atoms with E-state index in [1.165, 1.54) is 4.88 Å². The van der Waals surface area contributed by atoms with Crippen molar-refractivity contribution >= 4 is 38.9 Å². The van der Waals surface area contributed by atoms with Crippen molar-refractivity contribution in [3.05, 3.63) is 43.9 Å². The molecule has 2 rings (SSSR count). The van der Waals surface area contributed by atoms with E-state index in [4.69, 9.17) is 16.0 Å². The summed E-state index contributed by atoms with van der Waals surface area (Å²) >= 11 is 11.6. The smallest absolute Gasteiger partial charge is 0.105 e. The summed E-state index contributed by atoms with van der Waals surface area (Å²) in [5, 5.41) is -0.128. The van der Waals surface area contributed by atoms with Gasteiger partial charge in [0.1, 0.15) is 5.76 Å². The van der Waals surface area contributed by atoms with Crippen molar-refractivity contribution in [3.63, 3.8) is 0 Å². The van der Waals surface area contributed by atoms with E-state index in [-0.39, 0.29) is 5.38 Å². The van der Waals surface area contributed by atoms with Crippen LogP contribution in [-0.4, -0.2) is 0 Å². The Labute approximate surface area is 106 Å². The first kappa shape index (κ1) is 11.2. The summed E-state index contributed by atoms with van der Waals surface area (Å²) < 4.78 is 6.33. The van der Waals surface area contributed by atoms with E-state index in [2.05, 4.69) is 28.9 Å². The van der Waals surface area contributed by atoms with Crippen molar-refractivity contribution in [2.24, 2.45) is 0 Å². The molecule has 0 radical (unpaired) electrons. The van der Waals surface area contributed by atoms with Gasteiger partial charge in [0.05, 0.1) is 11.6 Å². The minimum Gasteiger partial charge on any atom is -0.469 e. The van der Waals surface area contributed by atoms with Crippen LogP contribution in [0.5, 0.6) is 0 Å². The van der Waals surface area contributed by atoms with Crippen LogP contribution in [0.15, 0.2) is 27.3 Å². The summed E-state index contributed by atoms with van der Waals surface area (Å²) in [5.41, 5.74) is 1.04. The molecule has 0 aliphatic carbocycles. The van der Waals surface area contributed by atoms with Gasteiger partial charge in [0, 0.05) is 19.8 Å². The molecule has 2 aromatic heterocycles. The van der Waals surface area contributed by atoms with Crippen LogP contribution in [0.3, 0.4) is 0 Å². The molecule has 0 saturated carbocycles. The first-order valence-electron chi connectivity index (χ1n) is 4.53. The van der Waals surface area contributed by atoms with E-state index in [0.29, 0.717) is 0 Å². The maximum absolute atomic E-state index is 6.42. The fraction of sp³-hybridized carbons (Fsp3) is 0.273. The van der Waals surface area contributed by atoms with E-state index >= 15 is 0 Å². The summed E-state index contributed by atoms with van der Waals surface area (Å²) in [6.45, 7) is 4.00. The molecule has 2 aromatic rings. The van der Waals surface area contributed by atoms with Gasteiger partial charge in [-0.1, -0.05) is 0 Å². The molecule has 4 heteroatoms. The van der Waals surface area contributed by atoms with Gasteiger partial charge in [-0.15, -0.1) is 22.9 Å². The lowest BCUT2D eigenvalue weighted by molar-refractivity contribution is 0.530. The zero-order valence-corrected chi connectivity index (χ0v) is 11.5. The average molecular weight is 306 g/mol. The number of thiophene rings is 1. The molecule has 1 unspecified atom stereocenters. The summed E-state index contributed by atoms with van der Waals surface area (Å²) in [6.07, 6.45) is 1.68. The summed E-state index contributed by atoms with van der Waals surface area (Å²) in [7, 11) is 0. The average Bonchev–Trinajstić information content (AvgIpc) is 2.71. The minimum absolute atomic E-state index is 0.128. The normalized spacial score (nSPS) is 13.1. The molecule has 0 amide bonds. The minimum atomic E-state index is -0.128. The first-order valence-corrected chi connectivity index (χ1v) is 6.58. The van der Waals surface area contributed by atoms with Gasteiger partial charge in [-0.3, -0.25) is 0 Å². The van der Waals surface area contributed by atoms with Gasteiger partial charge in [-0.25, -0.2) is 0 Å². The second-order valence-electron chi connectivity index (χ2n) is 3.36. The van der Waals surface area contributed by atoms with E-state index in [0.717, 1.165) is 20.7 Å². The third-order valence-corrected chi connectivity index (χ3v) is 4.86. The highest BCUT2D eigenvalue weighted by atomic mass is 79.9. The molecule has 0 bridgehead atoms. The quantitative estimate of drug-likeness (QED) is 0.708. The van der Waals surface area contributed by atoms with Gasteiger partial charge in [-0.2, -0.15) is 0 Å². The Kier molecular flexibility index (Phi) is 3.24. The lowest BCUT2D eigenvalue weighted by Gasteiger charge is -2.06. The zero-order chi connectivity index (χ0) is 11.0. The van der Waals surface area contributed by atoms with E-state index in [1.54, 1.807) is 17.6 Å². The van der Waals surface area contributed by atoms with Crippen molar-refractivity contribution in [2.75, 3.05) is 0 Å². The van der Waals surface area contributed by atoms with Crippen LogP contribution in [-0.2, 0) is 0 Å². The fourth-order valence-corrected chi connectivity index (χ4v) is 3.96. The molecule has 0 spiro atoms. The largest absolute Gasteiger partial charge is 0.469 e. The Morgan fingerprint density at radius 2 is 2.20 bits per heavy atom. The summed E-state index contributed by atoms with van der Waals surface area (Å²) in [4.78, 5) is 2.39. The third-order valence-electron chi connectivity index (χ3n) is 2.24. The van der Waals surface area contributed by atoms with E-state index < -0.39 is 0 Å². The number of rotatable bonds is 2. The van der Waals surface area contributed by atoms with E-state index in [1.807, 2.05) is 13.0 Å². The molecule has 2 heterocycles. The van der Waals surface area contributed by atoms with Gasteiger partial charge in [0.2, 0.25) is 0 Å². The Balaban J connectivity index is 2.40. The SMILES string of the molecule is Cc1cc(Br)c(C(Cl)c2ccoc2C)s1. The Bertz CT molecular complexity index is 475. The molecule has 1 nitrogen and oxygen atoms in total. The lowest BCUT2D eigenvalue weighted by Crippen LogP contribution is -1.90. The van der Waals surface area contributed by atoms with Crippen molar-refractivity contribution in [1.82, 2.24) is 0 Å². The Morgan fingerprint density at radius 1 is 1.47 bits per heavy atom. The van der Waals surface area contributed by atoms with Crippen LogP contribution in [0.25, 0.3) is 0 Å². The molecule has 0 aliphatic rings. The highest BCUT2D eigenvalue weighted by Crippen LogP contribution is 2.40. The van der Waals surface area contributed by atoms with Crippen LogP contribution in [0, 0.1) is 13.8 Å². The van der Waals surface area contributed by atoms with Gasteiger partial charge < -0.3 is 4.42 Å². The van der Waals surface area contributed by atoms with Crippen molar-refractivity contribution in [3.8, 4) is 0 Å². The third kappa shape index (κ3) is 2.14. The molecule has 0 saturated heterocycles. The van der Waals surface area contributed by atoms with Crippen LogP contribution in [0.2, 0.25) is 0 Å². The molecule has 1 atom stereocenters. The monoisotopic (exact) mass is 304 g/mol. The van der Waals surface area contributed by atoms with Crippen LogP contribution in [0.4, 0.5) is 0 Å². The molecular formula is C11H10BrClOS. The Hall–Kier alpha value is -0.250. The van der Waals surface area contributed by atoms with Gasteiger partial charge in [0.25, 0.3) is 0 Å². The second kappa shape index (κ2) is 4.32. The summed E-state index contributed by atoms with van der Waals surface area (Å²) in [6, 6.07) is 4.01. The van der Waals surface area contributed by atoms with Gasteiger partial charge >= 0.3 is 0 Å². The number of furan rings is 1. The van der Waals surface area contributed by atoms with Crippen molar-refractivity contribution in [1.29, 1.82) is 0 Å². The number of halogens is 2. The lowest BCUT2D eigenvalue weighted by atomic mass is 10.1. The fourth-order valence-electron chi connectivity index (χ4n) is 1.47. The van der Waals surface area contributed by atoms with E-state index in [9.17, 15) is 0 Å². The van der Waals surface area contributed by atoms with Gasteiger partial charge in [0.15, 0.2) is 0 Å². The molecule has 80 valence electrons. The summed E-state index contributed by atoms with van der Waals surface area (Å²) in [5.74, 6) is 0.882. The maximum Gasteiger partial charge on any atom is 0.105 e. The van der Waals surface area contributed by atoms with Crippen molar-refractivity contribution in [2.45, 2.75) is 19.2 Å². The number of hydrogen-bond donors (Lipinski definition) is 0. The van der Waals surface area contributed by atoms with Crippen molar-refractivity contribution < 1.29 is 4.42 Å². The van der Waals surface area contributed by atoms with Gasteiger partial charge in [-0.05, 0) is 41.9 Å². The highest BCUT2D eigenvalue weighted by molar-refractivity contribution is 9.10. The Morgan fingerprint density at radius 3 is 2.67 bits per heavy atom. The number of aryl methyl sites for hydroxylation is 2. The van der Waals surface area contributed by atoms with Crippen LogP contribution < -0.4 is 0 Å². The standard InChI is InChI=1S/C11H10BrClOS/c1-6-5-9(12)11(15-6)10(13)8-3-4-14-7(8)2/h3-5,10H,1-2H3. The molecular weight excluding hydrogens is 296 g/mol. The second-order valence-corrected chi connectivity index (χ2v) is 5.94. The number of alkyl halides is 1. The predicted molar refractivity (Wildman–Crippen MR) is 67.9 cm³/mol. The topological polar surface area (TPSA) is 13.1 Å². The molecule has 0 N–H and O–H groups in total. The van der Waals surface area contributed by atoms with Crippen LogP contribution >= 0.6 is 38.9 Å². The maximum atomic E-state index is 6.42. The molecule has 15 heavy (non-hydrogen) atoms. The first-order chi connectivity index (χ1) is 7.09. The molecule has 0 fully saturated rings. The van der Waals surface area contributed by atoms with Crippen LogP contribution in [0.1, 0.15) is 26.5 Å². The highest BCUT2D eigenvalue weighted by Gasteiger charge is 2.19. The molecule has 0 aromatic carbocycles. The number of hydrogen-bond acceptors (Lipinski definition) is 2. The molecule has 0 aliphatic heterocycles.